The molecule has 0 radical (unpaired) electrons. The molecule has 2 N–H and O–H groups in total. The summed E-state index contributed by atoms with van der Waals surface area (Å²) in [6.07, 6.45) is 9.92. The van der Waals surface area contributed by atoms with Gasteiger partial charge >= 0.3 is 0 Å². The number of nitrogens with one attached hydrogen (secondary N) is 2. The van der Waals surface area contributed by atoms with E-state index in [2.05, 4.69) is 34.9 Å². The molecule has 3 aliphatic rings. The molecule has 0 spiro atoms. The summed E-state index contributed by atoms with van der Waals surface area (Å²) in [6.45, 7) is 2.43. The fraction of sp³-hybridized carbons (Fsp3) is 0.500. The van der Waals surface area contributed by atoms with Crippen LogP contribution in [-0.2, 0) is 16.0 Å². The Morgan fingerprint density at radius 3 is 2.76 bits per heavy atom. The first-order chi connectivity index (χ1) is 14.1. The summed E-state index contributed by atoms with van der Waals surface area (Å²) in [5, 5.41) is 6.83. The molecule has 1 aromatic rings. The average Bonchev–Trinajstić information content (AvgIpc) is 3.37. The third-order valence-electron chi connectivity index (χ3n) is 5.91. The number of anilines is 1. The molecule has 154 valence electrons. The van der Waals surface area contributed by atoms with E-state index in [9.17, 15) is 9.59 Å². The van der Waals surface area contributed by atoms with Gasteiger partial charge in [-0.15, -0.1) is 0 Å². The number of hydrogen-bond donors (Lipinski definition) is 2. The van der Waals surface area contributed by atoms with E-state index < -0.39 is 6.04 Å². The first-order valence-electron chi connectivity index (χ1n) is 10.5. The maximum Gasteiger partial charge on any atom is 0.245 e. The van der Waals surface area contributed by atoms with Gasteiger partial charge in [-0.25, -0.2) is 0 Å². The fourth-order valence-electron chi connectivity index (χ4n) is 4.28. The Morgan fingerprint density at radius 2 is 1.93 bits per heavy atom. The molecule has 4 rings (SSSR count). The van der Waals surface area contributed by atoms with Gasteiger partial charge in [0.25, 0.3) is 0 Å². The smallest absolute Gasteiger partial charge is 0.245 e. The lowest BCUT2D eigenvalue weighted by molar-refractivity contribution is -0.140. The third-order valence-corrected chi connectivity index (χ3v) is 6.13. The van der Waals surface area contributed by atoms with Gasteiger partial charge in [-0.05, 0) is 74.0 Å². The van der Waals surface area contributed by atoms with Crippen molar-refractivity contribution < 1.29 is 9.59 Å². The van der Waals surface area contributed by atoms with Crippen molar-refractivity contribution in [1.29, 1.82) is 0 Å². The van der Waals surface area contributed by atoms with Crippen LogP contribution in [0, 0.1) is 0 Å². The van der Waals surface area contributed by atoms with Crippen molar-refractivity contribution in [2.75, 3.05) is 31.5 Å². The quantitative estimate of drug-likeness (QED) is 0.744. The second-order valence-corrected chi connectivity index (χ2v) is 8.42. The molecule has 0 aromatic heterocycles. The van der Waals surface area contributed by atoms with Gasteiger partial charge in [0.15, 0.2) is 5.11 Å². The molecule has 0 unspecified atom stereocenters. The van der Waals surface area contributed by atoms with E-state index in [1.54, 1.807) is 4.90 Å². The summed E-state index contributed by atoms with van der Waals surface area (Å²) >= 11 is 5.47. The maximum atomic E-state index is 13.0. The zero-order valence-corrected chi connectivity index (χ0v) is 17.5. The van der Waals surface area contributed by atoms with Crippen molar-refractivity contribution in [1.82, 2.24) is 15.1 Å². The molecule has 7 heteroatoms. The topological polar surface area (TPSA) is 64.7 Å². The van der Waals surface area contributed by atoms with E-state index >= 15 is 0 Å². The van der Waals surface area contributed by atoms with Crippen LogP contribution >= 0.6 is 12.2 Å². The van der Waals surface area contributed by atoms with Crippen LogP contribution in [0.15, 0.2) is 24.3 Å². The minimum atomic E-state index is -0.391. The highest BCUT2D eigenvalue weighted by molar-refractivity contribution is 7.80. The van der Waals surface area contributed by atoms with Crippen molar-refractivity contribution in [3.05, 3.63) is 35.4 Å². The summed E-state index contributed by atoms with van der Waals surface area (Å²) in [5.74, 6) is 0.0273. The summed E-state index contributed by atoms with van der Waals surface area (Å²) < 4.78 is 0. The van der Waals surface area contributed by atoms with E-state index in [0.29, 0.717) is 11.7 Å². The second kappa shape index (κ2) is 8.95. The highest BCUT2D eigenvalue weighted by Gasteiger charge is 2.30. The van der Waals surface area contributed by atoms with E-state index in [4.69, 9.17) is 12.2 Å². The Bertz CT molecular complexity index is 832. The Labute approximate surface area is 177 Å². The predicted octanol–water partition coefficient (Wildman–Crippen LogP) is 2.55. The average molecular weight is 413 g/mol. The molecule has 2 aliphatic heterocycles. The number of hydrogen-bond acceptors (Lipinski definition) is 3. The number of nitrogens with zero attached hydrogens (tertiary/aromatic N) is 2. The molecule has 1 aliphatic carbocycles. The number of likely N-dealkylation sites (tertiary alicyclic amines) is 2. The summed E-state index contributed by atoms with van der Waals surface area (Å²) in [6, 6.07) is 5.79. The number of carbonyl (C=O) groups excluding carboxylic acids is 2. The number of allylic oxidation sites excluding steroid dienone is 1. The lowest BCUT2D eigenvalue weighted by atomic mass is 10.1. The van der Waals surface area contributed by atoms with Gasteiger partial charge in [-0.3, -0.25) is 9.59 Å². The maximum absolute atomic E-state index is 13.0. The van der Waals surface area contributed by atoms with Gasteiger partial charge in [-0.1, -0.05) is 18.2 Å². The molecule has 2 fully saturated rings. The minimum Gasteiger partial charge on any atom is -0.351 e. The van der Waals surface area contributed by atoms with Gasteiger partial charge in [0.2, 0.25) is 11.8 Å². The van der Waals surface area contributed by atoms with E-state index in [1.807, 2.05) is 11.0 Å². The van der Waals surface area contributed by atoms with Gasteiger partial charge in [0, 0.05) is 25.3 Å². The molecule has 2 amide bonds. The van der Waals surface area contributed by atoms with E-state index in [0.717, 1.165) is 57.3 Å². The van der Waals surface area contributed by atoms with Crippen LogP contribution in [0.5, 0.6) is 0 Å². The monoisotopic (exact) mass is 412 g/mol. The van der Waals surface area contributed by atoms with Crippen LogP contribution in [0.25, 0.3) is 6.08 Å². The molecule has 2 heterocycles. The van der Waals surface area contributed by atoms with Crippen LogP contribution in [-0.4, -0.2) is 58.9 Å². The lowest BCUT2D eigenvalue weighted by Gasteiger charge is -2.27. The number of thiocarbonyl (C=S) groups is 1. The van der Waals surface area contributed by atoms with Crippen molar-refractivity contribution in [2.24, 2.45) is 0 Å². The number of amides is 2. The number of fused-ring (bicyclic) bond motifs is 1. The molecular formula is C22H28N4O2S. The molecular weight excluding hydrogens is 384 g/mol. The van der Waals surface area contributed by atoms with Gasteiger partial charge in [-0.2, -0.15) is 0 Å². The number of rotatable bonds is 4. The predicted molar refractivity (Wildman–Crippen MR) is 119 cm³/mol. The lowest BCUT2D eigenvalue weighted by Crippen LogP contribution is -2.51. The second-order valence-electron chi connectivity index (χ2n) is 8.01. The SMILES string of the molecule is O=C(CN1CCCC[C@H](NC(=S)Nc2ccc3c(c2)C=CC3)C1=O)N1CCCC1. The summed E-state index contributed by atoms with van der Waals surface area (Å²) in [7, 11) is 0. The number of carbonyl (C=O) groups is 2. The number of benzene rings is 1. The fourth-order valence-corrected chi connectivity index (χ4v) is 4.54. The van der Waals surface area contributed by atoms with Crippen LogP contribution < -0.4 is 10.6 Å². The molecule has 0 bridgehead atoms. The molecule has 0 saturated carbocycles. The largest absolute Gasteiger partial charge is 0.351 e. The Hall–Kier alpha value is -2.41. The molecule has 29 heavy (non-hydrogen) atoms. The summed E-state index contributed by atoms with van der Waals surface area (Å²) in [4.78, 5) is 29.1. The van der Waals surface area contributed by atoms with Gasteiger partial charge in [0.05, 0.1) is 6.54 Å². The van der Waals surface area contributed by atoms with Crippen LogP contribution in [0.2, 0.25) is 0 Å². The molecule has 2 saturated heterocycles. The Morgan fingerprint density at radius 1 is 1.14 bits per heavy atom. The van der Waals surface area contributed by atoms with Crippen molar-refractivity contribution >= 4 is 40.9 Å². The Balaban J connectivity index is 1.35. The van der Waals surface area contributed by atoms with Crippen molar-refractivity contribution in [2.45, 2.75) is 44.6 Å². The van der Waals surface area contributed by atoms with Gasteiger partial charge < -0.3 is 20.4 Å². The third kappa shape index (κ3) is 4.78. The molecule has 1 aromatic carbocycles. The molecule has 1 atom stereocenters. The first kappa shape index (κ1) is 19.9. The van der Waals surface area contributed by atoms with Crippen LogP contribution in [0.1, 0.15) is 43.2 Å². The minimum absolute atomic E-state index is 0.0314. The molecule has 6 nitrogen and oxygen atoms in total. The zero-order valence-electron chi connectivity index (χ0n) is 16.7. The van der Waals surface area contributed by atoms with Gasteiger partial charge in [0.1, 0.15) is 6.04 Å². The van der Waals surface area contributed by atoms with Crippen LogP contribution in [0.4, 0.5) is 5.69 Å². The Kier molecular flexibility index (Phi) is 6.13. The normalized spacial score (nSPS) is 21.1. The van der Waals surface area contributed by atoms with E-state index in [1.165, 1.54) is 11.1 Å². The first-order valence-corrected chi connectivity index (χ1v) is 10.9. The van der Waals surface area contributed by atoms with Crippen molar-refractivity contribution in [3.63, 3.8) is 0 Å². The zero-order chi connectivity index (χ0) is 20.2. The van der Waals surface area contributed by atoms with E-state index in [-0.39, 0.29) is 18.4 Å². The summed E-state index contributed by atoms with van der Waals surface area (Å²) in [5.41, 5.74) is 3.43. The van der Waals surface area contributed by atoms with Crippen LogP contribution in [0.3, 0.4) is 0 Å². The standard InChI is InChI=1S/C22H28N4O2S/c27-20(25-11-3-4-12-25)15-26-13-2-1-8-19(21(26)28)24-22(29)23-18-10-9-16-6-5-7-17(16)14-18/h5,7,9-10,14,19H,1-4,6,8,11-13,15H2,(H2,23,24,29)/t19-/m0/s1. The highest BCUT2D eigenvalue weighted by Crippen LogP contribution is 2.23. The highest BCUT2D eigenvalue weighted by atomic mass is 32.1. The van der Waals surface area contributed by atoms with Crippen molar-refractivity contribution in [3.8, 4) is 0 Å².